The van der Waals surface area contributed by atoms with Gasteiger partial charge in [0.2, 0.25) is 11.2 Å². The monoisotopic (exact) mass is 650 g/mol. The molecule has 7 atom stereocenters. The van der Waals surface area contributed by atoms with Crippen LogP contribution >= 0.6 is 0 Å². The Morgan fingerprint density at radius 1 is 0.787 bits per heavy atom. The highest BCUT2D eigenvalue weighted by atomic mass is 16.7. The lowest BCUT2D eigenvalue weighted by atomic mass is 9.66. The van der Waals surface area contributed by atoms with Gasteiger partial charge in [-0.2, -0.15) is 0 Å². The zero-order chi connectivity index (χ0) is 34.3. The molecule has 2 saturated heterocycles. The Morgan fingerprint density at radius 2 is 1.32 bits per heavy atom. The molecule has 0 radical (unpaired) electrons. The van der Waals surface area contributed by atoms with E-state index in [-0.39, 0.29) is 29.7 Å². The minimum Gasteiger partial charge on any atom is -0.483 e. The summed E-state index contributed by atoms with van der Waals surface area (Å²) in [7, 11) is 0. The molecule has 1 aromatic heterocycles. The normalized spacial score (nSPS) is 38.8. The van der Waals surface area contributed by atoms with Crippen LogP contribution in [0.25, 0.3) is 11.0 Å². The number of hydrogen-bond donors (Lipinski definition) is 0. The average molecular weight is 651 g/mol. The molecule has 0 spiro atoms. The van der Waals surface area contributed by atoms with E-state index in [9.17, 15) is 24.0 Å². The molecule has 2 aliphatic carbocycles. The fourth-order valence-electron chi connectivity index (χ4n) is 8.93. The quantitative estimate of drug-likeness (QED) is 0.233. The van der Waals surface area contributed by atoms with Gasteiger partial charge in [0.1, 0.15) is 16.9 Å². The van der Waals surface area contributed by atoms with Crippen LogP contribution in [0.2, 0.25) is 0 Å². The smallest absolute Gasteiger partial charge is 0.351 e. The van der Waals surface area contributed by atoms with Crippen LogP contribution in [0.15, 0.2) is 27.4 Å². The Balaban J connectivity index is 1.39. The molecule has 1 aromatic carbocycles. The number of carbonyl (C=O) groups excluding carboxylic acids is 4. The first kappa shape index (κ1) is 31.7. The predicted molar refractivity (Wildman–Crippen MR) is 165 cm³/mol. The fraction of sp³-hybridized carbons (Fsp3) is 0.639. The second kappa shape index (κ2) is 9.17. The fourth-order valence-corrected chi connectivity index (χ4v) is 8.93. The zero-order valence-electron chi connectivity index (χ0n) is 28.4. The van der Waals surface area contributed by atoms with Crippen LogP contribution in [0, 0.1) is 28.6 Å². The van der Waals surface area contributed by atoms with Gasteiger partial charge in [0.05, 0.1) is 16.4 Å². The maximum Gasteiger partial charge on any atom is 0.351 e. The molecule has 2 aromatic rings. The number of rotatable bonds is 5. The van der Waals surface area contributed by atoms with Crippen molar-refractivity contribution in [3.63, 3.8) is 0 Å². The first-order chi connectivity index (χ1) is 21.8. The van der Waals surface area contributed by atoms with Gasteiger partial charge in [0.15, 0.2) is 12.2 Å². The summed E-state index contributed by atoms with van der Waals surface area (Å²) in [4.78, 5) is 67.9. The van der Waals surface area contributed by atoms with Crippen molar-refractivity contribution in [3.8, 4) is 5.75 Å². The average Bonchev–Trinajstić information content (AvgIpc) is 3.46. The molecule has 11 nitrogen and oxygen atoms in total. The first-order valence-corrected chi connectivity index (χ1v) is 16.4. The molecule has 0 N–H and O–H groups in total. The lowest BCUT2D eigenvalue weighted by Crippen LogP contribution is -2.58. The van der Waals surface area contributed by atoms with Crippen molar-refractivity contribution in [2.24, 2.45) is 21.7 Å². The molecule has 11 heteroatoms. The van der Waals surface area contributed by atoms with Crippen LogP contribution in [-0.2, 0) is 38.1 Å². The van der Waals surface area contributed by atoms with Crippen molar-refractivity contribution in [2.45, 2.75) is 123 Å². The van der Waals surface area contributed by atoms with E-state index in [4.69, 9.17) is 28.1 Å². The highest BCUT2D eigenvalue weighted by Crippen LogP contribution is 2.67. The van der Waals surface area contributed by atoms with Crippen LogP contribution < -0.4 is 10.4 Å². The Kier molecular flexibility index (Phi) is 6.18. The summed E-state index contributed by atoms with van der Waals surface area (Å²) < 4.78 is 36.9. The van der Waals surface area contributed by atoms with Gasteiger partial charge in [-0.3, -0.25) is 9.59 Å². The highest BCUT2D eigenvalue weighted by molar-refractivity contribution is 5.95. The summed E-state index contributed by atoms with van der Waals surface area (Å²) in [6.07, 6.45) is -0.932. The Hall–Kier alpha value is -3.89. The summed E-state index contributed by atoms with van der Waals surface area (Å²) in [6, 6.07) is 4.83. The minimum atomic E-state index is -1.59. The number of esters is 4. The lowest BCUT2D eigenvalue weighted by Gasteiger charge is -2.47. The highest BCUT2D eigenvalue weighted by Gasteiger charge is 2.78. The number of aryl methyl sites for hydroxylation is 1. The molecule has 1 unspecified atom stereocenters. The lowest BCUT2D eigenvalue weighted by molar-refractivity contribution is -0.219. The molecule has 47 heavy (non-hydrogen) atoms. The number of hydrogen-bond acceptors (Lipinski definition) is 11. The first-order valence-electron chi connectivity index (χ1n) is 16.4. The van der Waals surface area contributed by atoms with Gasteiger partial charge in [-0.25, -0.2) is 14.4 Å². The summed E-state index contributed by atoms with van der Waals surface area (Å²) in [5.74, 6) is -2.21. The zero-order valence-corrected chi connectivity index (χ0v) is 28.4. The molecular formula is C36H42O11. The largest absolute Gasteiger partial charge is 0.483 e. The third-order valence-electron chi connectivity index (χ3n) is 13.6. The number of fused-ring (bicyclic) bond motifs is 7. The molecule has 4 bridgehead atoms. The van der Waals surface area contributed by atoms with Crippen molar-refractivity contribution in [1.82, 2.24) is 0 Å². The van der Waals surface area contributed by atoms with Crippen molar-refractivity contribution < 1.29 is 47.3 Å². The summed E-state index contributed by atoms with van der Waals surface area (Å²) in [6.45, 7) is 16.2. The van der Waals surface area contributed by atoms with E-state index in [2.05, 4.69) is 0 Å². The van der Waals surface area contributed by atoms with Gasteiger partial charge in [-0.15, -0.1) is 0 Å². The van der Waals surface area contributed by atoms with Gasteiger partial charge in [-0.1, -0.05) is 34.6 Å². The third kappa shape index (κ3) is 3.50. The Morgan fingerprint density at radius 3 is 1.79 bits per heavy atom. The van der Waals surface area contributed by atoms with E-state index in [1.807, 2.05) is 34.6 Å². The molecule has 7 rings (SSSR count). The van der Waals surface area contributed by atoms with Crippen molar-refractivity contribution in [3.05, 3.63) is 39.7 Å². The topological polar surface area (TPSA) is 145 Å². The molecule has 4 fully saturated rings. The molecule has 3 aliphatic heterocycles. The molecular weight excluding hydrogens is 608 g/mol. The van der Waals surface area contributed by atoms with E-state index in [0.29, 0.717) is 30.2 Å². The minimum absolute atomic E-state index is 0.125. The maximum absolute atomic E-state index is 14.5. The molecule has 5 aliphatic rings. The van der Waals surface area contributed by atoms with Crippen LogP contribution in [0.3, 0.4) is 0 Å². The van der Waals surface area contributed by atoms with Gasteiger partial charge < -0.3 is 28.1 Å². The molecule has 2 saturated carbocycles. The van der Waals surface area contributed by atoms with Crippen molar-refractivity contribution >= 4 is 34.8 Å². The van der Waals surface area contributed by atoms with E-state index < -0.39 is 80.2 Å². The predicted octanol–water partition coefficient (Wildman–Crippen LogP) is 5.40. The van der Waals surface area contributed by atoms with Crippen molar-refractivity contribution in [1.29, 1.82) is 0 Å². The van der Waals surface area contributed by atoms with Crippen LogP contribution in [0.1, 0.15) is 105 Å². The van der Waals surface area contributed by atoms with Crippen LogP contribution in [0.5, 0.6) is 5.75 Å². The SMILES string of the molecule is CCC1(C)Oc2ccc3c(C)cc(=O)oc3c2[C@@H](OC(=O)[C@@]23CC[C@@](C)(C(=O)O2)C3(C)C)[C@H]1OC(=O)[C@@]12CC[C@@](C)(C(=O)O1)C2(C)C. The number of ether oxygens (including phenoxy) is 5. The van der Waals surface area contributed by atoms with Crippen LogP contribution in [-0.4, -0.2) is 46.8 Å². The van der Waals surface area contributed by atoms with E-state index in [0.717, 1.165) is 0 Å². The van der Waals surface area contributed by atoms with Gasteiger partial charge in [0.25, 0.3) is 0 Å². The summed E-state index contributed by atoms with van der Waals surface area (Å²) in [5.41, 5.74) is -7.66. The molecule has 4 heterocycles. The van der Waals surface area contributed by atoms with E-state index >= 15 is 0 Å². The maximum atomic E-state index is 14.5. The summed E-state index contributed by atoms with van der Waals surface area (Å²) in [5, 5.41) is 0.577. The molecule has 252 valence electrons. The Bertz CT molecular complexity index is 1850. The standard InChI is InChI=1S/C36H42O11/c1-10-34(9)25(44-29(41)36-16-14-33(8,27(39)47-36)31(36,5)6)24(22-20(45-34)12-11-19-18(2)17-21(37)42-23(19)22)43-28(40)35-15-13-32(7,26(38)46-35)30(35,3)4/h11-12,17,24-25H,10,13-16H2,1-9H3/t24-,25-,32+,33+,34?,35-,36-/m1/s1. The second-order valence-electron chi connectivity index (χ2n) is 15.9. The number of carbonyl (C=O) groups is 4. The van der Waals surface area contributed by atoms with Gasteiger partial charge in [0, 0.05) is 22.3 Å². The van der Waals surface area contributed by atoms with Crippen molar-refractivity contribution in [2.75, 3.05) is 0 Å². The second-order valence-corrected chi connectivity index (χ2v) is 15.9. The summed E-state index contributed by atoms with van der Waals surface area (Å²) >= 11 is 0. The van der Waals surface area contributed by atoms with E-state index in [1.54, 1.807) is 39.8 Å². The molecule has 0 amide bonds. The third-order valence-corrected chi connectivity index (χ3v) is 13.6. The van der Waals surface area contributed by atoms with Gasteiger partial charge in [-0.05, 0) is 77.5 Å². The van der Waals surface area contributed by atoms with Gasteiger partial charge >= 0.3 is 29.5 Å². The van der Waals surface area contributed by atoms with Crippen LogP contribution in [0.4, 0.5) is 0 Å². The number of benzene rings is 1. The Labute approximate surface area is 272 Å². The van der Waals surface area contributed by atoms with E-state index in [1.165, 1.54) is 6.07 Å².